The average Bonchev–Trinajstić information content (AvgIpc) is 2.14. The maximum absolute atomic E-state index is 12.4. The number of hydrogen-bond acceptors (Lipinski definition) is 3. The van der Waals surface area contributed by atoms with Crippen LogP contribution in [0.25, 0.3) is 0 Å². The highest BCUT2D eigenvalue weighted by atomic mass is 35.5. The molecule has 0 bridgehead atoms. The molecule has 1 N–H and O–H groups in total. The molecule has 0 unspecified atom stereocenters. The Morgan fingerprint density at radius 3 is 2.53 bits per heavy atom. The third-order valence-electron chi connectivity index (χ3n) is 1.98. The largest absolute Gasteiger partial charge is 0.451 e. The molecule has 0 fully saturated rings. The van der Waals surface area contributed by atoms with Gasteiger partial charge in [-0.15, -0.1) is 0 Å². The van der Waals surface area contributed by atoms with Crippen LogP contribution >= 0.6 is 11.6 Å². The van der Waals surface area contributed by atoms with Gasteiger partial charge in [0.05, 0.1) is 0 Å². The lowest BCUT2D eigenvalue weighted by molar-refractivity contribution is -0.144. The molecule has 0 amide bonds. The van der Waals surface area contributed by atoms with E-state index in [4.69, 9.17) is 11.6 Å². The summed E-state index contributed by atoms with van der Waals surface area (Å²) in [5.41, 5.74) is 0. The standard InChI is InChI=1S/C10H13ClF3N3/c1-6(2)3-4-15-8-5-7(11)16-9(17-8)10(12,13)14/h5-6H,3-4H2,1-2H3,(H,15,16,17). The topological polar surface area (TPSA) is 37.8 Å². The Morgan fingerprint density at radius 2 is 2.00 bits per heavy atom. The maximum Gasteiger partial charge on any atom is 0.451 e. The second-order valence-electron chi connectivity index (χ2n) is 4.01. The van der Waals surface area contributed by atoms with Crippen LogP contribution in [0, 0.1) is 5.92 Å². The second-order valence-corrected chi connectivity index (χ2v) is 4.39. The van der Waals surface area contributed by atoms with E-state index in [0.717, 1.165) is 6.42 Å². The molecule has 17 heavy (non-hydrogen) atoms. The van der Waals surface area contributed by atoms with Gasteiger partial charge in [-0.25, -0.2) is 9.97 Å². The molecule has 1 aromatic heterocycles. The van der Waals surface area contributed by atoms with Crippen LogP contribution in [0.1, 0.15) is 26.1 Å². The van der Waals surface area contributed by atoms with E-state index in [2.05, 4.69) is 15.3 Å². The summed E-state index contributed by atoms with van der Waals surface area (Å²) in [5.74, 6) is -0.670. The van der Waals surface area contributed by atoms with Crippen LogP contribution in [0.2, 0.25) is 5.15 Å². The molecule has 0 aliphatic carbocycles. The zero-order valence-electron chi connectivity index (χ0n) is 9.48. The molecule has 0 spiro atoms. The molecule has 1 heterocycles. The lowest BCUT2D eigenvalue weighted by Gasteiger charge is -2.10. The van der Waals surface area contributed by atoms with Gasteiger partial charge in [0, 0.05) is 12.6 Å². The van der Waals surface area contributed by atoms with Gasteiger partial charge in [-0.2, -0.15) is 13.2 Å². The Labute approximate surface area is 102 Å². The first kappa shape index (κ1) is 14.0. The summed E-state index contributed by atoms with van der Waals surface area (Å²) in [6.45, 7) is 4.59. The number of halogens is 4. The highest BCUT2D eigenvalue weighted by Crippen LogP contribution is 2.28. The first-order chi connectivity index (χ1) is 7.79. The molecule has 0 aliphatic heterocycles. The zero-order chi connectivity index (χ0) is 13.1. The van der Waals surface area contributed by atoms with Crippen LogP contribution < -0.4 is 5.32 Å². The second kappa shape index (κ2) is 5.53. The van der Waals surface area contributed by atoms with E-state index in [9.17, 15) is 13.2 Å². The highest BCUT2D eigenvalue weighted by Gasteiger charge is 2.35. The molecule has 0 aromatic carbocycles. The fourth-order valence-electron chi connectivity index (χ4n) is 1.12. The Balaban J connectivity index is 2.76. The van der Waals surface area contributed by atoms with E-state index in [-0.39, 0.29) is 11.0 Å². The Bertz CT molecular complexity index is 380. The molecule has 3 nitrogen and oxygen atoms in total. The first-order valence-electron chi connectivity index (χ1n) is 5.14. The summed E-state index contributed by atoms with van der Waals surface area (Å²) in [5, 5.41) is 2.57. The van der Waals surface area contributed by atoms with Gasteiger partial charge < -0.3 is 5.32 Å². The highest BCUT2D eigenvalue weighted by molar-refractivity contribution is 6.29. The minimum absolute atomic E-state index is 0.0953. The number of hydrogen-bond donors (Lipinski definition) is 1. The number of anilines is 1. The van der Waals surface area contributed by atoms with Gasteiger partial charge in [-0.1, -0.05) is 25.4 Å². The lowest BCUT2D eigenvalue weighted by atomic mass is 10.1. The van der Waals surface area contributed by atoms with E-state index >= 15 is 0 Å². The van der Waals surface area contributed by atoms with Crippen LogP contribution in [0.4, 0.5) is 19.0 Å². The molecule has 0 saturated heterocycles. The van der Waals surface area contributed by atoms with Crippen molar-refractivity contribution in [2.45, 2.75) is 26.4 Å². The smallest absolute Gasteiger partial charge is 0.370 e. The lowest BCUT2D eigenvalue weighted by Crippen LogP contribution is -2.14. The SMILES string of the molecule is CC(C)CCNc1cc(Cl)nc(C(F)(F)F)n1. The minimum Gasteiger partial charge on any atom is -0.370 e. The molecule has 0 radical (unpaired) electrons. The first-order valence-corrected chi connectivity index (χ1v) is 5.52. The molecule has 0 aliphatic rings. The van der Waals surface area contributed by atoms with Crippen molar-refractivity contribution >= 4 is 17.4 Å². The van der Waals surface area contributed by atoms with E-state index in [1.807, 2.05) is 13.8 Å². The summed E-state index contributed by atoms with van der Waals surface area (Å²) in [7, 11) is 0. The van der Waals surface area contributed by atoms with Crippen molar-refractivity contribution in [3.63, 3.8) is 0 Å². The zero-order valence-corrected chi connectivity index (χ0v) is 10.2. The van der Waals surface area contributed by atoms with Crippen LogP contribution in [-0.2, 0) is 6.18 Å². The van der Waals surface area contributed by atoms with Gasteiger partial charge in [0.2, 0.25) is 5.82 Å². The number of aromatic nitrogens is 2. The molecule has 1 rings (SSSR count). The van der Waals surface area contributed by atoms with E-state index in [1.54, 1.807) is 0 Å². The Morgan fingerprint density at radius 1 is 1.35 bits per heavy atom. The number of rotatable bonds is 4. The quantitative estimate of drug-likeness (QED) is 0.847. The average molecular weight is 268 g/mol. The van der Waals surface area contributed by atoms with Crippen LogP contribution in [0.5, 0.6) is 0 Å². The third-order valence-corrected chi connectivity index (χ3v) is 2.17. The van der Waals surface area contributed by atoms with Crippen molar-refractivity contribution in [1.29, 1.82) is 0 Å². The van der Waals surface area contributed by atoms with Crippen LogP contribution in [0.3, 0.4) is 0 Å². The Hall–Kier alpha value is -1.04. The summed E-state index contributed by atoms with van der Waals surface area (Å²) in [4.78, 5) is 6.51. The van der Waals surface area contributed by atoms with Gasteiger partial charge in [0.25, 0.3) is 0 Å². The van der Waals surface area contributed by atoms with E-state index in [0.29, 0.717) is 12.5 Å². The monoisotopic (exact) mass is 267 g/mol. The molecular weight excluding hydrogens is 255 g/mol. The van der Waals surface area contributed by atoms with Crippen LogP contribution in [0.15, 0.2) is 6.07 Å². The summed E-state index contributed by atoms with van der Waals surface area (Å²) in [6, 6.07) is 1.27. The maximum atomic E-state index is 12.4. The number of nitrogens with one attached hydrogen (secondary N) is 1. The van der Waals surface area contributed by atoms with Crippen LogP contribution in [-0.4, -0.2) is 16.5 Å². The molecule has 0 atom stereocenters. The van der Waals surface area contributed by atoms with Crippen molar-refractivity contribution in [2.75, 3.05) is 11.9 Å². The van der Waals surface area contributed by atoms with E-state index < -0.39 is 12.0 Å². The molecule has 96 valence electrons. The number of nitrogens with zero attached hydrogens (tertiary/aromatic N) is 2. The fourth-order valence-corrected chi connectivity index (χ4v) is 1.31. The van der Waals surface area contributed by atoms with Gasteiger partial charge >= 0.3 is 6.18 Å². The minimum atomic E-state index is -4.58. The molecule has 7 heteroatoms. The van der Waals surface area contributed by atoms with Gasteiger partial charge in [0.1, 0.15) is 11.0 Å². The predicted molar refractivity (Wildman–Crippen MR) is 60.0 cm³/mol. The van der Waals surface area contributed by atoms with E-state index in [1.165, 1.54) is 6.07 Å². The summed E-state index contributed by atoms with van der Waals surface area (Å²) < 4.78 is 37.2. The fraction of sp³-hybridized carbons (Fsp3) is 0.600. The van der Waals surface area contributed by atoms with Crippen molar-refractivity contribution < 1.29 is 13.2 Å². The van der Waals surface area contributed by atoms with Crippen molar-refractivity contribution in [1.82, 2.24) is 9.97 Å². The summed E-state index contributed by atoms with van der Waals surface area (Å²) in [6.07, 6.45) is -3.75. The van der Waals surface area contributed by atoms with Crippen molar-refractivity contribution in [3.05, 3.63) is 17.0 Å². The predicted octanol–water partition coefficient (Wildman–Crippen LogP) is 3.61. The Kier molecular flexibility index (Phi) is 4.56. The summed E-state index contributed by atoms with van der Waals surface area (Å²) >= 11 is 5.51. The number of alkyl halides is 3. The van der Waals surface area contributed by atoms with Gasteiger partial charge in [-0.05, 0) is 12.3 Å². The third kappa shape index (κ3) is 4.77. The molecular formula is C10H13ClF3N3. The molecule has 0 saturated carbocycles. The van der Waals surface area contributed by atoms with Crippen molar-refractivity contribution in [2.24, 2.45) is 5.92 Å². The van der Waals surface area contributed by atoms with Gasteiger partial charge in [-0.3, -0.25) is 0 Å². The van der Waals surface area contributed by atoms with Crippen molar-refractivity contribution in [3.8, 4) is 0 Å². The molecule has 1 aromatic rings. The van der Waals surface area contributed by atoms with Gasteiger partial charge in [0.15, 0.2) is 0 Å². The normalized spacial score (nSPS) is 11.9.